The van der Waals surface area contributed by atoms with Crippen LogP contribution in [0.1, 0.15) is 11.6 Å². The first-order valence-electron chi connectivity index (χ1n) is 5.67. The van der Waals surface area contributed by atoms with Crippen LogP contribution in [-0.4, -0.2) is 32.1 Å². The van der Waals surface area contributed by atoms with E-state index in [1.807, 2.05) is 0 Å². The van der Waals surface area contributed by atoms with Crippen molar-refractivity contribution in [3.8, 4) is 0 Å². The molecule has 0 aliphatic carbocycles. The number of methoxy groups -OCH3 is 1. The van der Waals surface area contributed by atoms with Gasteiger partial charge in [0.15, 0.2) is 5.96 Å². The average Bonchev–Trinajstić information content (AvgIpc) is 2.70. The summed E-state index contributed by atoms with van der Waals surface area (Å²) in [6.45, 7) is 0.795. The number of ether oxygens (including phenoxy) is 1. The summed E-state index contributed by atoms with van der Waals surface area (Å²) < 4.78 is 31.0. The highest BCUT2D eigenvalue weighted by atomic mass is 19.1. The van der Waals surface area contributed by atoms with Gasteiger partial charge in [-0.25, -0.2) is 8.78 Å². The highest BCUT2D eigenvalue weighted by molar-refractivity contribution is 6.06. The SMILES string of the molecule is COCCN=C1NC(=O)C(c2cc(F)cc(F)c2)N1. The largest absolute Gasteiger partial charge is 0.383 e. The number of halogens is 2. The molecule has 0 bridgehead atoms. The molecule has 1 aromatic carbocycles. The normalized spacial score (nSPS) is 20.5. The molecule has 0 saturated carbocycles. The van der Waals surface area contributed by atoms with E-state index >= 15 is 0 Å². The van der Waals surface area contributed by atoms with Gasteiger partial charge in [0.25, 0.3) is 5.91 Å². The first-order chi connectivity index (χ1) is 9.10. The molecule has 0 spiro atoms. The Hall–Kier alpha value is -2.02. The van der Waals surface area contributed by atoms with Crippen LogP contribution in [0.2, 0.25) is 0 Å². The molecular weight excluding hydrogens is 256 g/mol. The molecule has 0 aromatic heterocycles. The lowest BCUT2D eigenvalue weighted by Gasteiger charge is -2.08. The van der Waals surface area contributed by atoms with Gasteiger partial charge in [-0.2, -0.15) is 0 Å². The van der Waals surface area contributed by atoms with Crippen LogP contribution in [0, 0.1) is 11.6 Å². The third-order valence-corrected chi connectivity index (χ3v) is 2.57. The lowest BCUT2D eigenvalue weighted by atomic mass is 10.1. The minimum absolute atomic E-state index is 0.215. The number of rotatable bonds is 4. The Kier molecular flexibility index (Phi) is 4.06. The van der Waals surface area contributed by atoms with E-state index in [9.17, 15) is 13.6 Å². The van der Waals surface area contributed by atoms with E-state index in [1.54, 1.807) is 7.11 Å². The van der Waals surface area contributed by atoms with Gasteiger partial charge in [0.05, 0.1) is 13.2 Å². The molecule has 1 atom stereocenters. The van der Waals surface area contributed by atoms with E-state index in [0.717, 1.165) is 18.2 Å². The second kappa shape index (κ2) is 5.75. The quantitative estimate of drug-likeness (QED) is 0.792. The number of benzene rings is 1. The van der Waals surface area contributed by atoms with Crippen LogP contribution in [0.4, 0.5) is 8.78 Å². The van der Waals surface area contributed by atoms with Crippen molar-refractivity contribution in [1.82, 2.24) is 10.6 Å². The smallest absolute Gasteiger partial charge is 0.253 e. The number of nitrogens with one attached hydrogen (secondary N) is 2. The van der Waals surface area contributed by atoms with Crippen LogP contribution in [0.25, 0.3) is 0 Å². The summed E-state index contributed by atoms with van der Waals surface area (Å²) in [6, 6.07) is 2.13. The number of carbonyl (C=O) groups excluding carboxylic acids is 1. The maximum atomic E-state index is 13.1. The van der Waals surface area contributed by atoms with Crippen LogP contribution in [0.5, 0.6) is 0 Å². The molecule has 5 nitrogen and oxygen atoms in total. The van der Waals surface area contributed by atoms with Gasteiger partial charge >= 0.3 is 0 Å². The second-order valence-corrected chi connectivity index (χ2v) is 3.99. The van der Waals surface area contributed by atoms with E-state index < -0.39 is 23.6 Å². The number of hydrogen-bond acceptors (Lipinski definition) is 3. The fraction of sp³-hybridized carbons (Fsp3) is 0.333. The molecule has 102 valence electrons. The maximum absolute atomic E-state index is 13.1. The van der Waals surface area contributed by atoms with Crippen LogP contribution < -0.4 is 10.6 Å². The zero-order valence-corrected chi connectivity index (χ0v) is 10.2. The van der Waals surface area contributed by atoms with Crippen molar-refractivity contribution >= 4 is 11.9 Å². The van der Waals surface area contributed by atoms with E-state index in [4.69, 9.17) is 4.74 Å². The van der Waals surface area contributed by atoms with Crippen molar-refractivity contribution < 1.29 is 18.3 Å². The zero-order chi connectivity index (χ0) is 13.8. The van der Waals surface area contributed by atoms with Gasteiger partial charge in [-0.15, -0.1) is 0 Å². The number of carbonyl (C=O) groups is 1. The summed E-state index contributed by atoms with van der Waals surface area (Å²) in [4.78, 5) is 15.8. The lowest BCUT2D eigenvalue weighted by molar-refractivity contribution is -0.120. The highest BCUT2D eigenvalue weighted by Crippen LogP contribution is 2.19. The van der Waals surface area contributed by atoms with Gasteiger partial charge in [0.1, 0.15) is 17.7 Å². The predicted octanol–water partition coefficient (Wildman–Crippen LogP) is 0.728. The Bertz CT molecular complexity index is 499. The Morgan fingerprint density at radius 1 is 1.32 bits per heavy atom. The summed E-state index contributed by atoms with van der Waals surface area (Å²) in [5.41, 5.74) is 0.215. The average molecular weight is 269 g/mol. The van der Waals surface area contributed by atoms with Crippen LogP contribution in [-0.2, 0) is 9.53 Å². The van der Waals surface area contributed by atoms with Crippen molar-refractivity contribution in [2.45, 2.75) is 6.04 Å². The van der Waals surface area contributed by atoms with Gasteiger partial charge in [-0.1, -0.05) is 0 Å². The predicted molar refractivity (Wildman–Crippen MR) is 64.6 cm³/mol. The molecule has 1 fully saturated rings. The van der Waals surface area contributed by atoms with Gasteiger partial charge in [0, 0.05) is 13.2 Å². The van der Waals surface area contributed by atoms with E-state index in [0.29, 0.717) is 13.2 Å². The Morgan fingerprint density at radius 3 is 2.63 bits per heavy atom. The Labute approximate surface area is 108 Å². The number of guanidine groups is 1. The zero-order valence-electron chi connectivity index (χ0n) is 10.2. The van der Waals surface area contributed by atoms with Gasteiger partial charge < -0.3 is 10.1 Å². The summed E-state index contributed by atoms with van der Waals surface area (Å²) in [5.74, 6) is -1.58. The van der Waals surface area contributed by atoms with E-state index in [-0.39, 0.29) is 11.5 Å². The molecule has 1 aliphatic heterocycles. The minimum Gasteiger partial charge on any atom is -0.383 e. The minimum atomic E-state index is -0.841. The monoisotopic (exact) mass is 269 g/mol. The molecule has 1 unspecified atom stereocenters. The molecule has 1 aliphatic rings. The summed E-state index contributed by atoms with van der Waals surface area (Å²) in [6.07, 6.45) is 0. The fourth-order valence-electron chi connectivity index (χ4n) is 1.74. The van der Waals surface area contributed by atoms with Crippen molar-refractivity contribution in [3.05, 3.63) is 35.4 Å². The van der Waals surface area contributed by atoms with Crippen LogP contribution in [0.15, 0.2) is 23.2 Å². The summed E-state index contributed by atoms with van der Waals surface area (Å²) >= 11 is 0. The Balaban J connectivity index is 2.13. The second-order valence-electron chi connectivity index (χ2n) is 3.99. The van der Waals surface area contributed by atoms with Crippen molar-refractivity contribution in [3.63, 3.8) is 0 Å². The number of nitrogens with zero attached hydrogens (tertiary/aromatic N) is 1. The fourth-order valence-corrected chi connectivity index (χ4v) is 1.74. The number of amides is 1. The third-order valence-electron chi connectivity index (χ3n) is 2.57. The molecule has 1 heterocycles. The first kappa shape index (κ1) is 13.4. The third kappa shape index (κ3) is 3.25. The molecule has 1 aromatic rings. The lowest BCUT2D eigenvalue weighted by Crippen LogP contribution is -2.26. The van der Waals surface area contributed by atoms with Crippen molar-refractivity contribution in [2.24, 2.45) is 4.99 Å². The molecule has 7 heteroatoms. The molecule has 1 saturated heterocycles. The van der Waals surface area contributed by atoms with Gasteiger partial charge in [-0.3, -0.25) is 15.1 Å². The maximum Gasteiger partial charge on any atom is 0.253 e. The van der Waals surface area contributed by atoms with E-state index in [2.05, 4.69) is 15.6 Å². The molecule has 0 radical (unpaired) electrons. The number of aliphatic imine (C=N–C) groups is 1. The Morgan fingerprint density at radius 2 is 2.00 bits per heavy atom. The molecule has 2 N–H and O–H groups in total. The molecule has 2 rings (SSSR count). The number of hydrogen-bond donors (Lipinski definition) is 2. The molecule has 1 amide bonds. The topological polar surface area (TPSA) is 62.7 Å². The van der Waals surface area contributed by atoms with Gasteiger partial charge in [-0.05, 0) is 17.7 Å². The standard InChI is InChI=1S/C12H13F2N3O2/c1-19-3-2-15-12-16-10(11(18)17-12)7-4-8(13)6-9(14)5-7/h4-6,10H,2-3H2,1H3,(H2,15,16,17,18). The first-order valence-corrected chi connectivity index (χ1v) is 5.67. The summed E-state index contributed by atoms with van der Waals surface area (Å²) in [7, 11) is 1.54. The van der Waals surface area contributed by atoms with Crippen molar-refractivity contribution in [1.29, 1.82) is 0 Å². The van der Waals surface area contributed by atoms with E-state index in [1.165, 1.54) is 0 Å². The van der Waals surface area contributed by atoms with Gasteiger partial charge in [0.2, 0.25) is 0 Å². The highest BCUT2D eigenvalue weighted by Gasteiger charge is 2.30. The van der Waals surface area contributed by atoms with Crippen LogP contribution in [0.3, 0.4) is 0 Å². The molecule has 19 heavy (non-hydrogen) atoms. The van der Waals surface area contributed by atoms with Crippen molar-refractivity contribution in [2.75, 3.05) is 20.3 Å². The summed E-state index contributed by atoms with van der Waals surface area (Å²) in [5, 5.41) is 5.27. The van der Waals surface area contributed by atoms with Crippen LogP contribution >= 0.6 is 0 Å². The molecular formula is C12H13F2N3O2.